The van der Waals surface area contributed by atoms with Gasteiger partial charge in [-0.3, -0.25) is 4.57 Å². The Balaban J connectivity index is 2.42. The van der Waals surface area contributed by atoms with E-state index in [1.807, 2.05) is 0 Å². The lowest BCUT2D eigenvalue weighted by molar-refractivity contribution is 0.352. The third-order valence-corrected chi connectivity index (χ3v) is 3.02. The molecular formula is C4H10NO3P. The molecule has 1 rings (SSSR count). The number of hydrogen-bond donors (Lipinski definition) is 1. The van der Waals surface area contributed by atoms with Gasteiger partial charge in [0.2, 0.25) is 0 Å². The average Bonchev–Trinajstić information content (AvgIpc) is 2.16. The van der Waals surface area contributed by atoms with Crippen molar-refractivity contribution in [2.75, 3.05) is 25.9 Å². The smallest absolute Gasteiger partial charge is 0.330 e. The zero-order valence-corrected chi connectivity index (χ0v) is 5.97. The van der Waals surface area contributed by atoms with E-state index < -0.39 is 7.60 Å². The van der Waals surface area contributed by atoms with Gasteiger partial charge < -0.3 is 14.8 Å². The van der Waals surface area contributed by atoms with Gasteiger partial charge in [-0.2, -0.15) is 0 Å². The molecule has 0 saturated carbocycles. The van der Waals surface area contributed by atoms with Gasteiger partial charge in [0.25, 0.3) is 0 Å². The Morgan fingerprint density at radius 1 is 1.44 bits per heavy atom. The fraction of sp³-hybridized carbons (Fsp3) is 1.00. The summed E-state index contributed by atoms with van der Waals surface area (Å²) >= 11 is 0. The van der Waals surface area contributed by atoms with Crippen LogP contribution in [0.25, 0.3) is 0 Å². The third kappa shape index (κ3) is 1.76. The Hall–Kier alpha value is 0.110. The Bertz CT molecular complexity index is 128. The first-order chi connectivity index (χ1) is 4.27. The van der Waals surface area contributed by atoms with Crippen LogP contribution < -0.4 is 5.73 Å². The Morgan fingerprint density at radius 3 is 2.44 bits per heavy atom. The molecule has 1 saturated heterocycles. The van der Waals surface area contributed by atoms with Crippen molar-refractivity contribution in [3.63, 3.8) is 0 Å². The minimum absolute atomic E-state index is 0.340. The molecule has 0 spiro atoms. The van der Waals surface area contributed by atoms with Crippen molar-refractivity contribution in [2.24, 2.45) is 5.73 Å². The van der Waals surface area contributed by atoms with E-state index in [1.54, 1.807) is 0 Å². The fourth-order valence-electron chi connectivity index (χ4n) is 0.677. The largest absolute Gasteiger partial charge is 0.332 e. The second kappa shape index (κ2) is 2.80. The maximum Gasteiger partial charge on any atom is 0.332 e. The van der Waals surface area contributed by atoms with E-state index >= 15 is 0 Å². The minimum Gasteiger partial charge on any atom is -0.330 e. The highest BCUT2D eigenvalue weighted by atomic mass is 31.2. The lowest BCUT2D eigenvalue weighted by atomic mass is 10.8. The molecule has 1 aliphatic heterocycles. The second-order valence-electron chi connectivity index (χ2n) is 1.79. The van der Waals surface area contributed by atoms with Crippen LogP contribution >= 0.6 is 7.60 Å². The summed E-state index contributed by atoms with van der Waals surface area (Å²) in [6.45, 7) is 1.24. The van der Waals surface area contributed by atoms with E-state index in [0.29, 0.717) is 25.9 Å². The van der Waals surface area contributed by atoms with Crippen LogP contribution in [0.1, 0.15) is 0 Å². The normalized spacial score (nSPS) is 24.6. The SMILES string of the molecule is NCCP1(=O)OCCO1. The van der Waals surface area contributed by atoms with Crippen LogP contribution in [0, 0.1) is 0 Å². The van der Waals surface area contributed by atoms with Crippen molar-refractivity contribution in [3.05, 3.63) is 0 Å². The molecule has 1 fully saturated rings. The average molecular weight is 151 g/mol. The molecule has 54 valence electrons. The van der Waals surface area contributed by atoms with Crippen LogP contribution in [0.2, 0.25) is 0 Å². The van der Waals surface area contributed by atoms with Crippen molar-refractivity contribution in [2.45, 2.75) is 0 Å². The van der Waals surface area contributed by atoms with E-state index in [9.17, 15) is 4.57 Å². The maximum absolute atomic E-state index is 11.1. The second-order valence-corrected chi connectivity index (χ2v) is 3.98. The zero-order chi connectivity index (χ0) is 6.74. The van der Waals surface area contributed by atoms with Crippen molar-refractivity contribution in [1.82, 2.24) is 0 Å². The topological polar surface area (TPSA) is 61.6 Å². The summed E-state index contributed by atoms with van der Waals surface area (Å²) in [5.41, 5.74) is 5.16. The molecule has 0 bridgehead atoms. The van der Waals surface area contributed by atoms with E-state index in [-0.39, 0.29) is 0 Å². The van der Waals surface area contributed by atoms with Gasteiger partial charge in [-0.1, -0.05) is 0 Å². The first kappa shape index (κ1) is 7.22. The quantitative estimate of drug-likeness (QED) is 0.572. The molecule has 5 heteroatoms. The van der Waals surface area contributed by atoms with Crippen molar-refractivity contribution in [1.29, 1.82) is 0 Å². The monoisotopic (exact) mass is 151 g/mol. The predicted octanol–water partition coefficient (Wildman–Crippen LogP) is 0.185. The molecule has 0 radical (unpaired) electrons. The molecule has 2 N–H and O–H groups in total. The molecule has 0 atom stereocenters. The summed E-state index contributed by atoms with van der Waals surface area (Å²) < 4.78 is 20.8. The van der Waals surface area contributed by atoms with Gasteiger partial charge in [0.1, 0.15) is 0 Å². The Kier molecular flexibility index (Phi) is 2.24. The van der Waals surface area contributed by atoms with Gasteiger partial charge >= 0.3 is 7.60 Å². The number of hydrogen-bond acceptors (Lipinski definition) is 4. The molecule has 1 aliphatic rings. The molecular weight excluding hydrogens is 141 g/mol. The standard InChI is InChI=1S/C4H10NO3P/c5-1-4-9(6)7-2-3-8-9/h1-5H2. The summed E-state index contributed by atoms with van der Waals surface area (Å²) in [7, 11) is -2.70. The summed E-state index contributed by atoms with van der Waals surface area (Å²) in [5.74, 6) is 0. The van der Waals surface area contributed by atoms with Gasteiger partial charge in [-0.05, 0) is 0 Å². The zero-order valence-electron chi connectivity index (χ0n) is 5.08. The molecule has 4 nitrogen and oxygen atoms in total. The van der Waals surface area contributed by atoms with Crippen LogP contribution in [0.5, 0.6) is 0 Å². The van der Waals surface area contributed by atoms with Gasteiger partial charge in [-0.15, -0.1) is 0 Å². The first-order valence-electron chi connectivity index (χ1n) is 2.85. The molecule has 9 heavy (non-hydrogen) atoms. The van der Waals surface area contributed by atoms with Gasteiger partial charge in [0, 0.05) is 6.54 Å². The predicted molar refractivity (Wildman–Crippen MR) is 33.4 cm³/mol. The highest BCUT2D eigenvalue weighted by Crippen LogP contribution is 2.50. The molecule has 0 aromatic carbocycles. The number of nitrogens with two attached hydrogens (primary N) is 1. The highest BCUT2D eigenvalue weighted by molar-refractivity contribution is 7.54. The molecule has 1 heterocycles. The van der Waals surface area contributed by atoms with E-state index in [1.165, 1.54) is 0 Å². The van der Waals surface area contributed by atoms with Crippen molar-refractivity contribution in [3.8, 4) is 0 Å². The maximum atomic E-state index is 11.1. The molecule has 0 amide bonds. The van der Waals surface area contributed by atoms with E-state index in [4.69, 9.17) is 14.8 Å². The molecule has 0 aliphatic carbocycles. The molecule has 0 unspecified atom stereocenters. The van der Waals surface area contributed by atoms with E-state index in [2.05, 4.69) is 0 Å². The van der Waals surface area contributed by atoms with Gasteiger partial charge in [-0.25, -0.2) is 0 Å². The first-order valence-corrected chi connectivity index (χ1v) is 4.58. The summed E-state index contributed by atoms with van der Waals surface area (Å²) in [5, 5.41) is 0. The molecule has 0 aromatic heterocycles. The fourth-order valence-corrected chi connectivity index (χ4v) is 2.03. The van der Waals surface area contributed by atoms with Crippen LogP contribution in [0.3, 0.4) is 0 Å². The number of rotatable bonds is 2. The van der Waals surface area contributed by atoms with E-state index in [0.717, 1.165) is 0 Å². The van der Waals surface area contributed by atoms with Crippen molar-refractivity contribution >= 4 is 7.60 Å². The van der Waals surface area contributed by atoms with Gasteiger partial charge in [0.15, 0.2) is 0 Å². The lowest BCUT2D eigenvalue weighted by Gasteiger charge is -2.05. The summed E-state index contributed by atoms with van der Waals surface area (Å²) in [4.78, 5) is 0. The lowest BCUT2D eigenvalue weighted by Crippen LogP contribution is -2.05. The molecule has 0 aromatic rings. The minimum atomic E-state index is -2.70. The third-order valence-electron chi connectivity index (χ3n) is 1.06. The van der Waals surface area contributed by atoms with Crippen LogP contribution in [-0.4, -0.2) is 25.9 Å². The van der Waals surface area contributed by atoms with Crippen LogP contribution in [-0.2, 0) is 13.6 Å². The highest BCUT2D eigenvalue weighted by Gasteiger charge is 2.28. The van der Waals surface area contributed by atoms with Crippen LogP contribution in [0.15, 0.2) is 0 Å². The van der Waals surface area contributed by atoms with Crippen molar-refractivity contribution < 1.29 is 13.6 Å². The van der Waals surface area contributed by atoms with Crippen LogP contribution in [0.4, 0.5) is 0 Å². The Morgan fingerprint density at radius 2 is 2.00 bits per heavy atom. The van der Waals surface area contributed by atoms with Gasteiger partial charge in [0.05, 0.1) is 19.4 Å². The Labute approximate surface area is 53.9 Å². The summed E-state index contributed by atoms with van der Waals surface area (Å²) in [6, 6.07) is 0. The summed E-state index contributed by atoms with van der Waals surface area (Å²) in [6.07, 6.45) is 0.340.